The second-order valence-electron chi connectivity index (χ2n) is 15.9. The molecule has 5 fully saturated rings. The van der Waals surface area contributed by atoms with Gasteiger partial charge in [0.2, 0.25) is 0 Å². The molecular formula is C38H58N3O3Pr-. The second-order valence-corrected chi connectivity index (χ2v) is 15.9. The molecule has 6 unspecified atom stereocenters. The van der Waals surface area contributed by atoms with Crippen LogP contribution in [0.2, 0.25) is 0 Å². The Morgan fingerprint density at radius 2 is 1.80 bits per heavy atom. The summed E-state index contributed by atoms with van der Waals surface area (Å²) in [5, 5.41) is 15.6. The van der Waals surface area contributed by atoms with E-state index in [-0.39, 0.29) is 76.3 Å². The van der Waals surface area contributed by atoms with Crippen LogP contribution in [0.3, 0.4) is 0 Å². The number of aliphatic hydroxyl groups is 1. The first-order valence-electron chi connectivity index (χ1n) is 17.7. The Morgan fingerprint density at radius 1 is 1.04 bits per heavy atom. The molecule has 0 amide bonds. The van der Waals surface area contributed by atoms with E-state index in [1.807, 2.05) is 6.08 Å². The van der Waals surface area contributed by atoms with Gasteiger partial charge in [0.1, 0.15) is 6.10 Å². The van der Waals surface area contributed by atoms with Crippen LogP contribution in [0.1, 0.15) is 96.5 Å². The van der Waals surface area contributed by atoms with Gasteiger partial charge in [-0.3, -0.25) is 9.69 Å². The Bertz CT molecular complexity index is 1170. The van der Waals surface area contributed by atoms with Crippen LogP contribution in [0.5, 0.6) is 0 Å². The van der Waals surface area contributed by atoms with E-state index < -0.39 is 5.60 Å². The number of esters is 1. The van der Waals surface area contributed by atoms with Gasteiger partial charge in [-0.05, 0) is 112 Å². The van der Waals surface area contributed by atoms with Gasteiger partial charge in [0.05, 0.1) is 12.1 Å². The van der Waals surface area contributed by atoms with Crippen molar-refractivity contribution in [2.75, 3.05) is 26.2 Å². The van der Waals surface area contributed by atoms with Crippen LogP contribution in [0.15, 0.2) is 42.5 Å². The van der Waals surface area contributed by atoms with Crippen LogP contribution >= 0.6 is 0 Å². The van der Waals surface area contributed by atoms with E-state index in [1.165, 1.54) is 24.8 Å². The SMILES string of the molecule is [CH2-]/C=C/CC1CCC2C1(C)CCC1C3(C)CCC(OC(=O)CNCC4CCN(Cc5ccccc5)CC4)C[C@]3(O)CC[C@]21N.[Pr]. The van der Waals surface area contributed by atoms with Crippen molar-refractivity contribution < 1.29 is 55.9 Å². The maximum absolute atomic E-state index is 12.9. The average Bonchev–Trinajstić information content (AvgIpc) is 3.35. The largest absolute Gasteiger partial charge is 0.461 e. The van der Waals surface area contributed by atoms with Crippen LogP contribution in [-0.2, 0) is 16.1 Å². The zero-order valence-corrected chi connectivity index (χ0v) is 31.7. The molecule has 0 spiro atoms. The summed E-state index contributed by atoms with van der Waals surface area (Å²) in [7, 11) is 0. The number of nitrogens with zero attached hydrogens (tertiary/aromatic N) is 1. The van der Waals surface area contributed by atoms with E-state index in [0.29, 0.717) is 36.5 Å². The van der Waals surface area contributed by atoms with Gasteiger partial charge in [-0.15, -0.1) is 0 Å². The molecule has 6 nitrogen and oxygen atoms in total. The Kier molecular flexibility index (Phi) is 11.6. The zero-order chi connectivity index (χ0) is 31.0. The van der Waals surface area contributed by atoms with Crippen LogP contribution < -0.4 is 11.1 Å². The number of nitrogens with two attached hydrogens (primary N) is 1. The van der Waals surface area contributed by atoms with Crippen molar-refractivity contribution >= 4 is 5.97 Å². The number of allylic oxidation sites excluding steroid dienone is 2. The molecule has 0 bridgehead atoms. The standard InChI is InChI=1S/C38H58N3O3.Pr/c1-4-5-11-30-12-13-32-35(30,2)18-15-33-36(3)19-14-31(24-37(36,43)20-21-38(32,33)39)44-34(42)26-40-25-28-16-22-41(23-17-28)27-29-9-7-6-8-10-29;/h4-10,28,30-33,40,43H,1,11-27,39H2,2-3H3;/q-1;/b5-4+;/t30?,31?,32?,33?,35?,36?,37-,38+;/m1./s1. The van der Waals surface area contributed by atoms with Gasteiger partial charge in [-0.25, -0.2) is 19.1 Å². The van der Waals surface area contributed by atoms with E-state index in [0.717, 1.165) is 71.1 Å². The fraction of sp³-hybridized carbons (Fsp3) is 0.737. The normalized spacial score (nSPS) is 40.3. The van der Waals surface area contributed by atoms with Crippen molar-refractivity contribution in [1.82, 2.24) is 10.2 Å². The van der Waals surface area contributed by atoms with Crippen molar-refractivity contribution in [3.63, 3.8) is 0 Å². The molecule has 4 N–H and O–H groups in total. The number of carbonyl (C=O) groups is 1. The molecule has 1 saturated heterocycles. The summed E-state index contributed by atoms with van der Waals surface area (Å²) >= 11 is 0. The van der Waals surface area contributed by atoms with E-state index in [9.17, 15) is 9.90 Å². The van der Waals surface area contributed by atoms with Crippen molar-refractivity contribution in [3.05, 3.63) is 55.0 Å². The molecule has 1 radical (unpaired) electrons. The molecule has 4 aliphatic carbocycles. The summed E-state index contributed by atoms with van der Waals surface area (Å²) in [5.74, 6) is 1.91. The Balaban J connectivity index is 0.00000400. The summed E-state index contributed by atoms with van der Waals surface area (Å²) in [6.45, 7) is 13.0. The number of piperidine rings is 1. The fourth-order valence-corrected chi connectivity index (χ4v) is 11.1. The molecule has 4 saturated carbocycles. The van der Waals surface area contributed by atoms with E-state index in [2.05, 4.69) is 67.4 Å². The van der Waals surface area contributed by atoms with Crippen LogP contribution in [0.4, 0.5) is 0 Å². The average molecular weight is 746 g/mol. The fourth-order valence-electron chi connectivity index (χ4n) is 11.1. The first kappa shape index (κ1) is 35.8. The number of carbonyl (C=O) groups excluding carboxylic acids is 1. The third-order valence-corrected chi connectivity index (χ3v) is 13.7. The van der Waals surface area contributed by atoms with Crippen molar-refractivity contribution in [3.8, 4) is 0 Å². The number of ether oxygens (including phenoxy) is 1. The number of hydrogen-bond acceptors (Lipinski definition) is 6. The summed E-state index contributed by atoms with van der Waals surface area (Å²) in [6.07, 6.45) is 15.9. The Hall–Kier alpha value is -0.496. The molecule has 1 aliphatic heterocycles. The van der Waals surface area contributed by atoms with E-state index >= 15 is 0 Å². The van der Waals surface area contributed by atoms with Gasteiger partial charge in [0, 0.05) is 65.2 Å². The maximum atomic E-state index is 12.9. The van der Waals surface area contributed by atoms with Gasteiger partial charge >= 0.3 is 5.97 Å². The molecule has 247 valence electrons. The van der Waals surface area contributed by atoms with Crippen molar-refractivity contribution in [1.29, 1.82) is 0 Å². The molecule has 8 atom stereocenters. The summed E-state index contributed by atoms with van der Waals surface area (Å²) in [4.78, 5) is 15.4. The van der Waals surface area contributed by atoms with Gasteiger partial charge in [-0.1, -0.05) is 57.0 Å². The molecule has 6 rings (SSSR count). The molecule has 7 heteroatoms. The molecule has 1 aromatic rings. The summed E-state index contributed by atoms with van der Waals surface area (Å²) in [5.41, 5.74) is 7.88. The maximum Gasteiger partial charge on any atom is 0.320 e. The summed E-state index contributed by atoms with van der Waals surface area (Å²) in [6, 6.07) is 10.7. The van der Waals surface area contributed by atoms with Gasteiger partial charge in [0.25, 0.3) is 0 Å². The first-order valence-corrected chi connectivity index (χ1v) is 17.7. The van der Waals surface area contributed by atoms with Gasteiger partial charge in [0.15, 0.2) is 0 Å². The predicted octanol–water partition coefficient (Wildman–Crippen LogP) is 6.04. The molecule has 0 aromatic heterocycles. The predicted molar refractivity (Wildman–Crippen MR) is 176 cm³/mol. The van der Waals surface area contributed by atoms with Crippen LogP contribution in [0.25, 0.3) is 0 Å². The number of benzene rings is 1. The van der Waals surface area contributed by atoms with E-state index in [4.69, 9.17) is 10.5 Å². The minimum absolute atomic E-state index is 0. The molecule has 1 heterocycles. The monoisotopic (exact) mass is 745 g/mol. The smallest absolute Gasteiger partial charge is 0.320 e. The molecular weight excluding hydrogens is 687 g/mol. The third-order valence-electron chi connectivity index (χ3n) is 13.7. The minimum atomic E-state index is -0.826. The Morgan fingerprint density at radius 3 is 2.53 bits per heavy atom. The summed E-state index contributed by atoms with van der Waals surface area (Å²) < 4.78 is 6.01. The number of rotatable bonds is 9. The first-order chi connectivity index (χ1) is 21.1. The van der Waals surface area contributed by atoms with Crippen molar-refractivity contribution in [2.45, 2.75) is 115 Å². The molecule has 5 aliphatic rings. The molecule has 1 aromatic carbocycles. The number of likely N-dealkylation sites (tertiary alicyclic amines) is 1. The number of hydrogen-bond donors (Lipinski definition) is 3. The van der Waals surface area contributed by atoms with Crippen LogP contribution in [0, 0.1) is 82.7 Å². The van der Waals surface area contributed by atoms with E-state index in [1.54, 1.807) is 0 Å². The Labute approximate surface area is 306 Å². The van der Waals surface area contributed by atoms with Crippen LogP contribution in [-0.4, -0.2) is 59.4 Å². The van der Waals surface area contributed by atoms with Gasteiger partial charge < -0.3 is 20.9 Å². The quantitative estimate of drug-likeness (QED) is 0.212. The van der Waals surface area contributed by atoms with Crippen molar-refractivity contribution in [2.24, 2.45) is 40.2 Å². The third kappa shape index (κ3) is 6.99. The zero-order valence-electron chi connectivity index (χ0n) is 28.0. The minimum Gasteiger partial charge on any atom is -0.461 e. The molecule has 45 heavy (non-hydrogen) atoms. The van der Waals surface area contributed by atoms with Gasteiger partial charge in [-0.2, -0.15) is 0 Å². The second kappa shape index (κ2) is 14.5. The number of fused-ring (bicyclic) bond motifs is 5. The number of nitrogens with one attached hydrogen (secondary N) is 1. The topological polar surface area (TPSA) is 87.8 Å².